The number of hydrogen-bond donors (Lipinski definition) is 1. The number of carbonyl (C=O) groups excluding carboxylic acids is 1. The minimum atomic E-state index is 0.0151. The molecular weight excluding hydrogens is 264 g/mol. The summed E-state index contributed by atoms with van der Waals surface area (Å²) in [5, 5.41) is 3.49. The Morgan fingerprint density at radius 2 is 2.37 bits per heavy atom. The molecule has 0 radical (unpaired) electrons. The molecule has 0 saturated carbocycles. The van der Waals surface area contributed by atoms with Gasteiger partial charge in [-0.1, -0.05) is 24.9 Å². The zero-order valence-corrected chi connectivity index (χ0v) is 12.1. The SMILES string of the molecule is CCCc1c(Cl)ncnc1N1CCC(NC(C)=O)C1. The smallest absolute Gasteiger partial charge is 0.217 e. The van der Waals surface area contributed by atoms with Gasteiger partial charge in [0.15, 0.2) is 0 Å². The lowest BCUT2D eigenvalue weighted by Crippen LogP contribution is -2.35. The van der Waals surface area contributed by atoms with Crippen molar-refractivity contribution < 1.29 is 4.79 Å². The molecule has 2 rings (SSSR count). The number of rotatable bonds is 4. The van der Waals surface area contributed by atoms with Crippen LogP contribution in [-0.4, -0.2) is 35.0 Å². The van der Waals surface area contributed by atoms with Gasteiger partial charge in [0.25, 0.3) is 0 Å². The normalized spacial score (nSPS) is 18.7. The molecule has 1 unspecified atom stereocenters. The van der Waals surface area contributed by atoms with Crippen molar-refractivity contribution in [3.05, 3.63) is 17.0 Å². The van der Waals surface area contributed by atoms with Gasteiger partial charge in [-0.2, -0.15) is 0 Å². The van der Waals surface area contributed by atoms with Crippen molar-refractivity contribution in [1.82, 2.24) is 15.3 Å². The maximum absolute atomic E-state index is 11.1. The van der Waals surface area contributed by atoms with Gasteiger partial charge in [-0.25, -0.2) is 9.97 Å². The minimum absolute atomic E-state index is 0.0151. The molecule has 0 spiro atoms. The Morgan fingerprint density at radius 3 is 3.05 bits per heavy atom. The van der Waals surface area contributed by atoms with Crippen molar-refractivity contribution in [3.63, 3.8) is 0 Å². The van der Waals surface area contributed by atoms with E-state index in [-0.39, 0.29) is 11.9 Å². The third kappa shape index (κ3) is 3.35. The average molecular weight is 283 g/mol. The first kappa shape index (κ1) is 14.1. The Bertz CT molecular complexity index is 466. The van der Waals surface area contributed by atoms with Gasteiger partial charge in [0.05, 0.1) is 0 Å². The standard InChI is InChI=1S/C13H19ClN4O/c1-3-4-11-12(14)15-8-16-13(11)18-6-5-10(7-18)17-9(2)19/h8,10H,3-7H2,1-2H3,(H,17,19). The summed E-state index contributed by atoms with van der Waals surface area (Å²) in [6.45, 7) is 5.32. The summed E-state index contributed by atoms with van der Waals surface area (Å²) in [6, 6.07) is 0.195. The van der Waals surface area contributed by atoms with Crippen molar-refractivity contribution in [2.75, 3.05) is 18.0 Å². The van der Waals surface area contributed by atoms with E-state index in [2.05, 4.69) is 27.1 Å². The van der Waals surface area contributed by atoms with E-state index in [0.29, 0.717) is 5.15 Å². The molecule has 1 aliphatic rings. The monoisotopic (exact) mass is 282 g/mol. The second-order valence-electron chi connectivity index (χ2n) is 4.85. The summed E-state index contributed by atoms with van der Waals surface area (Å²) in [7, 11) is 0. The molecule has 1 N–H and O–H groups in total. The maximum Gasteiger partial charge on any atom is 0.217 e. The highest BCUT2D eigenvalue weighted by Gasteiger charge is 2.26. The summed E-state index contributed by atoms with van der Waals surface area (Å²) in [6.07, 6.45) is 4.31. The lowest BCUT2D eigenvalue weighted by molar-refractivity contribution is -0.119. The second-order valence-corrected chi connectivity index (χ2v) is 5.21. The van der Waals surface area contributed by atoms with Crippen molar-refractivity contribution in [1.29, 1.82) is 0 Å². The van der Waals surface area contributed by atoms with Crippen molar-refractivity contribution in [2.24, 2.45) is 0 Å². The molecule has 0 aliphatic carbocycles. The molecule has 1 atom stereocenters. The molecule has 0 aromatic carbocycles. The number of carbonyl (C=O) groups is 1. The molecule has 1 fully saturated rings. The lowest BCUT2D eigenvalue weighted by atomic mass is 10.2. The van der Waals surface area contributed by atoms with E-state index in [4.69, 9.17) is 11.6 Å². The van der Waals surface area contributed by atoms with Gasteiger partial charge < -0.3 is 10.2 Å². The van der Waals surface area contributed by atoms with Gasteiger partial charge in [0.1, 0.15) is 17.3 Å². The van der Waals surface area contributed by atoms with Gasteiger partial charge in [-0.3, -0.25) is 4.79 Å². The molecule has 1 aromatic heterocycles. The van der Waals surface area contributed by atoms with Crippen LogP contribution in [0.3, 0.4) is 0 Å². The van der Waals surface area contributed by atoms with Crippen LogP contribution in [0.2, 0.25) is 5.15 Å². The number of halogens is 1. The Balaban J connectivity index is 2.14. The van der Waals surface area contributed by atoms with E-state index in [1.165, 1.54) is 6.33 Å². The van der Waals surface area contributed by atoms with Crippen molar-refractivity contribution >= 4 is 23.3 Å². The van der Waals surface area contributed by atoms with Crippen molar-refractivity contribution in [2.45, 2.75) is 39.2 Å². The van der Waals surface area contributed by atoms with Gasteiger partial charge in [-0.05, 0) is 12.8 Å². The summed E-state index contributed by atoms with van der Waals surface area (Å²) in [5.74, 6) is 0.927. The van der Waals surface area contributed by atoms with E-state index < -0.39 is 0 Å². The highest BCUT2D eigenvalue weighted by atomic mass is 35.5. The molecular formula is C13H19ClN4O. The second kappa shape index (κ2) is 6.19. The van der Waals surface area contributed by atoms with Gasteiger partial charge in [-0.15, -0.1) is 0 Å². The fourth-order valence-electron chi connectivity index (χ4n) is 2.48. The largest absolute Gasteiger partial charge is 0.354 e. The Morgan fingerprint density at radius 1 is 1.58 bits per heavy atom. The van der Waals surface area contributed by atoms with Gasteiger partial charge >= 0.3 is 0 Å². The van der Waals surface area contributed by atoms with Crippen LogP contribution in [0.25, 0.3) is 0 Å². The first-order valence-corrected chi connectivity index (χ1v) is 7.01. The van der Waals surface area contributed by atoms with E-state index in [1.807, 2.05) is 0 Å². The molecule has 2 heterocycles. The first-order chi connectivity index (χ1) is 9.11. The quantitative estimate of drug-likeness (QED) is 0.856. The molecule has 1 aliphatic heterocycles. The zero-order valence-electron chi connectivity index (χ0n) is 11.3. The highest BCUT2D eigenvalue weighted by Crippen LogP contribution is 2.27. The van der Waals surface area contributed by atoms with Crippen molar-refractivity contribution in [3.8, 4) is 0 Å². The molecule has 5 nitrogen and oxygen atoms in total. The summed E-state index contributed by atoms with van der Waals surface area (Å²) >= 11 is 6.16. The van der Waals surface area contributed by atoms with Crippen LogP contribution >= 0.6 is 11.6 Å². The molecule has 1 amide bonds. The third-order valence-corrected chi connectivity index (χ3v) is 3.59. The molecule has 6 heteroatoms. The van der Waals surface area contributed by atoms with Crippen LogP contribution in [0.5, 0.6) is 0 Å². The first-order valence-electron chi connectivity index (χ1n) is 6.63. The third-order valence-electron chi connectivity index (χ3n) is 3.27. The minimum Gasteiger partial charge on any atom is -0.354 e. The number of amides is 1. The van der Waals surface area contributed by atoms with Crippen LogP contribution in [-0.2, 0) is 11.2 Å². The lowest BCUT2D eigenvalue weighted by Gasteiger charge is -2.21. The van der Waals surface area contributed by atoms with Gasteiger partial charge in [0.2, 0.25) is 5.91 Å². The molecule has 0 bridgehead atoms. The summed E-state index contributed by atoms with van der Waals surface area (Å²) in [4.78, 5) is 21.7. The van der Waals surface area contributed by atoms with E-state index in [1.54, 1.807) is 6.92 Å². The number of nitrogens with one attached hydrogen (secondary N) is 1. The van der Waals surface area contributed by atoms with E-state index in [9.17, 15) is 4.79 Å². The maximum atomic E-state index is 11.1. The number of aromatic nitrogens is 2. The Labute approximate surface area is 118 Å². The fraction of sp³-hybridized carbons (Fsp3) is 0.615. The summed E-state index contributed by atoms with van der Waals surface area (Å²) < 4.78 is 0. The van der Waals surface area contributed by atoms with Crippen LogP contribution < -0.4 is 10.2 Å². The van der Waals surface area contributed by atoms with Gasteiger partial charge in [0, 0.05) is 31.6 Å². The predicted molar refractivity (Wildman–Crippen MR) is 75.5 cm³/mol. The predicted octanol–water partition coefficient (Wildman–Crippen LogP) is 1.80. The van der Waals surface area contributed by atoms with Crippen LogP contribution in [0.15, 0.2) is 6.33 Å². The Hall–Kier alpha value is -1.36. The Kier molecular flexibility index (Phi) is 4.58. The average Bonchev–Trinajstić information content (AvgIpc) is 2.79. The summed E-state index contributed by atoms with van der Waals surface area (Å²) in [5.41, 5.74) is 1.01. The van der Waals surface area contributed by atoms with E-state index in [0.717, 1.165) is 43.7 Å². The molecule has 1 aromatic rings. The fourth-order valence-corrected chi connectivity index (χ4v) is 2.70. The highest BCUT2D eigenvalue weighted by molar-refractivity contribution is 6.30. The molecule has 19 heavy (non-hydrogen) atoms. The number of anilines is 1. The van der Waals surface area contributed by atoms with E-state index >= 15 is 0 Å². The topological polar surface area (TPSA) is 58.1 Å². The molecule has 1 saturated heterocycles. The van der Waals surface area contributed by atoms with Crippen LogP contribution in [0.4, 0.5) is 5.82 Å². The zero-order chi connectivity index (χ0) is 13.8. The van der Waals surface area contributed by atoms with Crippen LogP contribution in [0, 0.1) is 0 Å². The number of hydrogen-bond acceptors (Lipinski definition) is 4. The molecule has 104 valence electrons. The van der Waals surface area contributed by atoms with Crippen LogP contribution in [0.1, 0.15) is 32.3 Å². The number of nitrogens with zero attached hydrogens (tertiary/aromatic N) is 3.